The SMILES string of the molecule is COc1cc(C)c(S(=O)(=O)N2CCO[C@H](C(=O)C3CC3)C2)cc1OC. The highest BCUT2D eigenvalue weighted by Gasteiger charge is 2.40. The van der Waals surface area contributed by atoms with Crippen LogP contribution in [0.2, 0.25) is 0 Å². The number of rotatable bonds is 6. The first kappa shape index (κ1) is 18.2. The molecule has 3 rings (SSSR count). The van der Waals surface area contributed by atoms with Crippen LogP contribution in [-0.4, -0.2) is 58.5 Å². The van der Waals surface area contributed by atoms with Crippen molar-refractivity contribution in [1.82, 2.24) is 4.31 Å². The molecule has 1 aliphatic heterocycles. The fraction of sp³-hybridized carbons (Fsp3) is 0.588. The highest BCUT2D eigenvalue weighted by molar-refractivity contribution is 7.89. The summed E-state index contributed by atoms with van der Waals surface area (Å²) in [6.45, 7) is 2.22. The molecule has 1 aromatic carbocycles. The number of methoxy groups -OCH3 is 2. The summed E-state index contributed by atoms with van der Waals surface area (Å²) in [5, 5.41) is 0. The second-order valence-electron chi connectivity index (χ2n) is 6.37. The number of ether oxygens (including phenoxy) is 3. The fourth-order valence-corrected chi connectivity index (χ4v) is 4.67. The highest BCUT2D eigenvalue weighted by Crippen LogP contribution is 2.35. The van der Waals surface area contributed by atoms with Gasteiger partial charge in [-0.05, 0) is 31.4 Å². The van der Waals surface area contributed by atoms with Crippen LogP contribution in [0.25, 0.3) is 0 Å². The normalized spacial score (nSPS) is 21.8. The Morgan fingerprint density at radius 3 is 2.44 bits per heavy atom. The van der Waals surface area contributed by atoms with Crippen LogP contribution in [0.1, 0.15) is 18.4 Å². The van der Waals surface area contributed by atoms with Crippen molar-refractivity contribution >= 4 is 15.8 Å². The molecule has 1 atom stereocenters. The molecular formula is C17H23NO6S. The fourth-order valence-electron chi connectivity index (χ4n) is 3.03. The highest BCUT2D eigenvalue weighted by atomic mass is 32.2. The van der Waals surface area contributed by atoms with E-state index >= 15 is 0 Å². The molecule has 0 N–H and O–H groups in total. The molecule has 1 aliphatic carbocycles. The number of aryl methyl sites for hydroxylation is 1. The zero-order chi connectivity index (χ0) is 18.2. The minimum absolute atomic E-state index is 0.0175. The topological polar surface area (TPSA) is 82.1 Å². The van der Waals surface area contributed by atoms with Crippen LogP contribution in [0.3, 0.4) is 0 Å². The second-order valence-corrected chi connectivity index (χ2v) is 8.28. The molecule has 2 aliphatic rings. The molecule has 1 saturated heterocycles. The van der Waals surface area contributed by atoms with Gasteiger partial charge in [-0.3, -0.25) is 4.79 Å². The lowest BCUT2D eigenvalue weighted by Gasteiger charge is -2.32. The van der Waals surface area contributed by atoms with E-state index in [4.69, 9.17) is 14.2 Å². The molecule has 0 amide bonds. The van der Waals surface area contributed by atoms with Gasteiger partial charge in [-0.15, -0.1) is 0 Å². The molecular weight excluding hydrogens is 346 g/mol. The number of hydrogen-bond donors (Lipinski definition) is 0. The first-order valence-corrected chi connectivity index (χ1v) is 9.70. The lowest BCUT2D eigenvalue weighted by Crippen LogP contribution is -2.49. The van der Waals surface area contributed by atoms with Crippen molar-refractivity contribution in [3.8, 4) is 11.5 Å². The number of benzene rings is 1. The summed E-state index contributed by atoms with van der Waals surface area (Å²) in [5.74, 6) is 0.882. The van der Waals surface area contributed by atoms with Crippen molar-refractivity contribution in [3.05, 3.63) is 17.7 Å². The maximum absolute atomic E-state index is 13.1. The zero-order valence-corrected chi connectivity index (χ0v) is 15.5. The van der Waals surface area contributed by atoms with E-state index in [0.717, 1.165) is 12.8 Å². The zero-order valence-electron chi connectivity index (χ0n) is 14.6. The Kier molecular flexibility index (Phi) is 5.04. The number of sulfonamides is 1. The van der Waals surface area contributed by atoms with Crippen LogP contribution >= 0.6 is 0 Å². The molecule has 7 nitrogen and oxygen atoms in total. The third-order valence-electron chi connectivity index (χ3n) is 4.63. The van der Waals surface area contributed by atoms with Crippen molar-refractivity contribution in [2.24, 2.45) is 5.92 Å². The van der Waals surface area contributed by atoms with Gasteiger partial charge in [-0.2, -0.15) is 4.31 Å². The summed E-state index contributed by atoms with van der Waals surface area (Å²) in [6, 6.07) is 3.11. The number of ketones is 1. The van der Waals surface area contributed by atoms with E-state index in [-0.39, 0.29) is 36.3 Å². The number of Topliss-reactive ketones (excluding diaryl/α,β-unsaturated/α-hetero) is 1. The van der Waals surface area contributed by atoms with Crippen LogP contribution < -0.4 is 9.47 Å². The largest absolute Gasteiger partial charge is 0.493 e. The number of hydrogen-bond acceptors (Lipinski definition) is 6. The van der Waals surface area contributed by atoms with Crippen molar-refractivity contribution < 1.29 is 27.4 Å². The summed E-state index contributed by atoms with van der Waals surface area (Å²) in [4.78, 5) is 12.4. The molecule has 1 heterocycles. The Morgan fingerprint density at radius 1 is 1.20 bits per heavy atom. The van der Waals surface area contributed by atoms with Gasteiger partial charge in [0.15, 0.2) is 17.3 Å². The van der Waals surface area contributed by atoms with Gasteiger partial charge < -0.3 is 14.2 Å². The predicted molar refractivity (Wildman–Crippen MR) is 90.5 cm³/mol. The summed E-state index contributed by atoms with van der Waals surface area (Å²) >= 11 is 0. The van der Waals surface area contributed by atoms with Crippen LogP contribution in [0, 0.1) is 12.8 Å². The first-order chi connectivity index (χ1) is 11.9. The second kappa shape index (κ2) is 6.93. The van der Waals surface area contributed by atoms with Crippen LogP contribution in [0.5, 0.6) is 11.5 Å². The average molecular weight is 369 g/mol. The molecule has 2 fully saturated rings. The molecule has 0 spiro atoms. The number of morpholine rings is 1. The Bertz CT molecular complexity index is 772. The molecule has 0 unspecified atom stereocenters. The minimum atomic E-state index is -3.76. The third kappa shape index (κ3) is 3.51. The first-order valence-electron chi connectivity index (χ1n) is 8.26. The maximum Gasteiger partial charge on any atom is 0.243 e. The number of carbonyl (C=O) groups is 1. The Labute approximate surface area is 147 Å². The van der Waals surface area contributed by atoms with E-state index in [9.17, 15) is 13.2 Å². The van der Waals surface area contributed by atoms with Crippen LogP contribution in [-0.2, 0) is 19.6 Å². The standard InChI is InChI=1S/C17H23NO6S/c1-11-8-13(22-2)14(23-3)9-16(11)25(20,21)18-6-7-24-15(10-18)17(19)12-4-5-12/h8-9,12,15H,4-7,10H2,1-3H3/t15-/m0/s1. The summed E-state index contributed by atoms with van der Waals surface area (Å²) in [6.07, 6.45) is 1.08. The molecule has 1 aromatic rings. The predicted octanol–water partition coefficient (Wildman–Crippen LogP) is 1.38. The molecule has 138 valence electrons. The van der Waals surface area contributed by atoms with E-state index in [1.54, 1.807) is 13.0 Å². The van der Waals surface area contributed by atoms with E-state index in [1.165, 1.54) is 24.6 Å². The molecule has 1 saturated carbocycles. The maximum atomic E-state index is 13.1. The van der Waals surface area contributed by atoms with E-state index in [2.05, 4.69) is 0 Å². The summed E-state index contributed by atoms with van der Waals surface area (Å²) in [7, 11) is -0.794. The van der Waals surface area contributed by atoms with Gasteiger partial charge in [0.05, 0.1) is 25.7 Å². The molecule has 0 bridgehead atoms. The van der Waals surface area contributed by atoms with Gasteiger partial charge in [-0.1, -0.05) is 0 Å². The van der Waals surface area contributed by atoms with Crippen molar-refractivity contribution in [2.45, 2.75) is 30.8 Å². The van der Waals surface area contributed by atoms with E-state index in [1.807, 2.05) is 0 Å². The van der Waals surface area contributed by atoms with Gasteiger partial charge >= 0.3 is 0 Å². The third-order valence-corrected chi connectivity index (χ3v) is 6.63. The Hall–Kier alpha value is -1.64. The van der Waals surface area contributed by atoms with E-state index < -0.39 is 16.1 Å². The monoisotopic (exact) mass is 369 g/mol. The van der Waals surface area contributed by atoms with Gasteiger partial charge in [0.2, 0.25) is 10.0 Å². The number of nitrogens with zero attached hydrogens (tertiary/aromatic N) is 1. The van der Waals surface area contributed by atoms with E-state index in [0.29, 0.717) is 17.1 Å². The smallest absolute Gasteiger partial charge is 0.243 e. The quantitative estimate of drug-likeness (QED) is 0.753. The average Bonchev–Trinajstić information content (AvgIpc) is 3.45. The van der Waals surface area contributed by atoms with Gasteiger partial charge in [0.25, 0.3) is 0 Å². The van der Waals surface area contributed by atoms with Crippen molar-refractivity contribution in [2.75, 3.05) is 33.9 Å². The Morgan fingerprint density at radius 2 is 1.84 bits per heavy atom. The number of carbonyl (C=O) groups excluding carboxylic acids is 1. The van der Waals surface area contributed by atoms with Gasteiger partial charge in [0, 0.05) is 25.1 Å². The van der Waals surface area contributed by atoms with Gasteiger partial charge in [-0.25, -0.2) is 8.42 Å². The molecule has 8 heteroatoms. The molecule has 25 heavy (non-hydrogen) atoms. The summed E-state index contributed by atoms with van der Waals surface area (Å²) in [5.41, 5.74) is 0.564. The van der Waals surface area contributed by atoms with Crippen LogP contribution in [0.15, 0.2) is 17.0 Å². The minimum Gasteiger partial charge on any atom is -0.493 e. The molecule has 0 radical (unpaired) electrons. The van der Waals surface area contributed by atoms with Gasteiger partial charge in [0.1, 0.15) is 6.10 Å². The Balaban J connectivity index is 1.89. The van der Waals surface area contributed by atoms with Crippen molar-refractivity contribution in [3.63, 3.8) is 0 Å². The van der Waals surface area contributed by atoms with Crippen molar-refractivity contribution in [1.29, 1.82) is 0 Å². The summed E-state index contributed by atoms with van der Waals surface area (Å²) < 4.78 is 43.5. The lowest BCUT2D eigenvalue weighted by molar-refractivity contribution is -0.135. The van der Waals surface area contributed by atoms with Crippen LogP contribution in [0.4, 0.5) is 0 Å². The molecule has 0 aromatic heterocycles. The lowest BCUT2D eigenvalue weighted by atomic mass is 10.1.